The summed E-state index contributed by atoms with van der Waals surface area (Å²) < 4.78 is 0. The minimum Gasteiger partial charge on any atom is -0.352 e. The highest BCUT2D eigenvalue weighted by molar-refractivity contribution is 6.05. The van der Waals surface area contributed by atoms with E-state index in [1.165, 1.54) is 0 Å². The molecule has 0 spiro atoms. The van der Waals surface area contributed by atoms with E-state index in [1.54, 1.807) is 24.3 Å². The molecule has 0 aliphatic rings. The Kier molecular flexibility index (Phi) is 6.13. The van der Waals surface area contributed by atoms with Gasteiger partial charge in [-0.25, -0.2) is 0 Å². The van der Waals surface area contributed by atoms with Crippen LogP contribution in [0.4, 0.5) is 5.69 Å². The molecule has 0 fully saturated rings. The van der Waals surface area contributed by atoms with Crippen molar-refractivity contribution >= 4 is 17.5 Å². The van der Waals surface area contributed by atoms with Gasteiger partial charge in [-0.3, -0.25) is 9.59 Å². The molecule has 4 nitrogen and oxygen atoms in total. The summed E-state index contributed by atoms with van der Waals surface area (Å²) in [6.07, 6.45) is 2.00. The first-order valence-electron chi connectivity index (χ1n) is 8.28. The number of unbranched alkanes of at least 4 members (excludes halogenated alkanes) is 1. The van der Waals surface area contributed by atoms with Crippen molar-refractivity contribution in [2.45, 2.75) is 33.6 Å². The molecule has 0 radical (unpaired) electrons. The molecule has 4 heteroatoms. The minimum absolute atomic E-state index is 0.107. The molecule has 2 amide bonds. The second-order valence-corrected chi connectivity index (χ2v) is 5.96. The van der Waals surface area contributed by atoms with Gasteiger partial charge < -0.3 is 10.6 Å². The number of carbonyl (C=O) groups excluding carboxylic acids is 2. The predicted octanol–water partition coefficient (Wildman–Crippen LogP) is 4.09. The molecule has 2 rings (SSSR count). The van der Waals surface area contributed by atoms with E-state index in [0.29, 0.717) is 17.7 Å². The number of amides is 2. The van der Waals surface area contributed by atoms with E-state index < -0.39 is 0 Å². The lowest BCUT2D eigenvalue weighted by molar-refractivity contribution is 0.0951. The van der Waals surface area contributed by atoms with Crippen LogP contribution in [0.5, 0.6) is 0 Å². The molecule has 0 aromatic heterocycles. The van der Waals surface area contributed by atoms with Crippen molar-refractivity contribution in [1.82, 2.24) is 5.32 Å². The molecule has 2 aromatic carbocycles. The predicted molar refractivity (Wildman–Crippen MR) is 97.6 cm³/mol. The highest BCUT2D eigenvalue weighted by atomic mass is 16.2. The van der Waals surface area contributed by atoms with Gasteiger partial charge >= 0.3 is 0 Å². The van der Waals surface area contributed by atoms with Crippen LogP contribution in [0.15, 0.2) is 42.5 Å². The summed E-state index contributed by atoms with van der Waals surface area (Å²) in [6, 6.07) is 12.6. The Morgan fingerprint density at radius 3 is 2.12 bits per heavy atom. The van der Waals surface area contributed by atoms with Gasteiger partial charge in [-0.05, 0) is 56.2 Å². The van der Waals surface area contributed by atoms with Gasteiger partial charge in [0.05, 0.1) is 0 Å². The summed E-state index contributed by atoms with van der Waals surface area (Å²) >= 11 is 0. The van der Waals surface area contributed by atoms with Crippen LogP contribution in [0, 0.1) is 13.8 Å². The lowest BCUT2D eigenvalue weighted by atomic mass is 10.1. The standard InChI is InChI=1S/C20H24N2O2/c1-4-5-12-21-19(23)16-7-9-17(10-8-16)20(24)22-18-11-6-14(2)13-15(18)3/h6-11,13H,4-5,12H2,1-3H3,(H,21,23)(H,22,24). The van der Waals surface area contributed by atoms with E-state index in [9.17, 15) is 9.59 Å². The molecule has 0 unspecified atom stereocenters. The summed E-state index contributed by atoms with van der Waals surface area (Å²) in [6.45, 7) is 6.73. The summed E-state index contributed by atoms with van der Waals surface area (Å²) in [4.78, 5) is 24.3. The fourth-order valence-electron chi connectivity index (χ4n) is 2.40. The van der Waals surface area contributed by atoms with Gasteiger partial charge in [-0.1, -0.05) is 31.0 Å². The number of carbonyl (C=O) groups is 2. The third kappa shape index (κ3) is 4.69. The van der Waals surface area contributed by atoms with E-state index in [2.05, 4.69) is 17.6 Å². The lowest BCUT2D eigenvalue weighted by Gasteiger charge is -2.10. The van der Waals surface area contributed by atoms with Crippen LogP contribution in [0.1, 0.15) is 51.6 Å². The molecule has 126 valence electrons. The molecule has 24 heavy (non-hydrogen) atoms. The van der Waals surface area contributed by atoms with Crippen molar-refractivity contribution < 1.29 is 9.59 Å². The topological polar surface area (TPSA) is 58.2 Å². The van der Waals surface area contributed by atoms with Crippen LogP contribution >= 0.6 is 0 Å². The van der Waals surface area contributed by atoms with Gasteiger partial charge in [0.2, 0.25) is 0 Å². The van der Waals surface area contributed by atoms with E-state index >= 15 is 0 Å². The van der Waals surface area contributed by atoms with Crippen molar-refractivity contribution in [3.05, 3.63) is 64.7 Å². The largest absolute Gasteiger partial charge is 0.352 e. The van der Waals surface area contributed by atoms with Crippen molar-refractivity contribution in [2.75, 3.05) is 11.9 Å². The van der Waals surface area contributed by atoms with Gasteiger partial charge in [-0.15, -0.1) is 0 Å². The first-order valence-corrected chi connectivity index (χ1v) is 8.28. The fourth-order valence-corrected chi connectivity index (χ4v) is 2.40. The van der Waals surface area contributed by atoms with Gasteiger partial charge in [0, 0.05) is 23.4 Å². The van der Waals surface area contributed by atoms with E-state index in [4.69, 9.17) is 0 Å². The Hall–Kier alpha value is -2.62. The summed E-state index contributed by atoms with van der Waals surface area (Å²) in [7, 11) is 0. The molecule has 0 atom stereocenters. The normalized spacial score (nSPS) is 10.3. The Morgan fingerprint density at radius 1 is 0.917 bits per heavy atom. The quantitative estimate of drug-likeness (QED) is 0.786. The molecule has 0 saturated carbocycles. The van der Waals surface area contributed by atoms with Crippen molar-refractivity contribution in [1.29, 1.82) is 0 Å². The van der Waals surface area contributed by atoms with Crippen LogP contribution < -0.4 is 10.6 Å². The molecule has 2 aromatic rings. The van der Waals surface area contributed by atoms with Crippen LogP contribution in [0.2, 0.25) is 0 Å². The Balaban J connectivity index is 2.01. The number of hydrogen-bond acceptors (Lipinski definition) is 2. The van der Waals surface area contributed by atoms with Crippen molar-refractivity contribution in [2.24, 2.45) is 0 Å². The van der Waals surface area contributed by atoms with E-state index in [-0.39, 0.29) is 11.8 Å². The Bertz CT molecular complexity index is 721. The van der Waals surface area contributed by atoms with E-state index in [1.807, 2.05) is 32.0 Å². The molecular weight excluding hydrogens is 300 g/mol. The average molecular weight is 324 g/mol. The summed E-state index contributed by atoms with van der Waals surface area (Å²) in [5.41, 5.74) is 4.07. The number of anilines is 1. The van der Waals surface area contributed by atoms with Crippen LogP contribution in [0.3, 0.4) is 0 Å². The molecule has 0 aliphatic carbocycles. The number of rotatable bonds is 6. The maximum absolute atomic E-state index is 12.3. The third-order valence-electron chi connectivity index (χ3n) is 3.86. The van der Waals surface area contributed by atoms with Crippen LogP contribution in [0.25, 0.3) is 0 Å². The second-order valence-electron chi connectivity index (χ2n) is 5.96. The van der Waals surface area contributed by atoms with Gasteiger partial charge in [0.15, 0.2) is 0 Å². The summed E-state index contributed by atoms with van der Waals surface area (Å²) in [5.74, 6) is -0.287. The number of aryl methyl sites for hydroxylation is 2. The zero-order valence-corrected chi connectivity index (χ0v) is 14.5. The first-order chi connectivity index (χ1) is 11.5. The number of nitrogens with one attached hydrogen (secondary N) is 2. The number of benzene rings is 2. The lowest BCUT2D eigenvalue weighted by Crippen LogP contribution is -2.24. The van der Waals surface area contributed by atoms with E-state index in [0.717, 1.165) is 29.7 Å². The third-order valence-corrected chi connectivity index (χ3v) is 3.86. The van der Waals surface area contributed by atoms with Crippen molar-refractivity contribution in [3.8, 4) is 0 Å². The van der Waals surface area contributed by atoms with Crippen LogP contribution in [-0.4, -0.2) is 18.4 Å². The zero-order valence-electron chi connectivity index (χ0n) is 14.5. The molecular formula is C20H24N2O2. The highest BCUT2D eigenvalue weighted by Gasteiger charge is 2.10. The van der Waals surface area contributed by atoms with Crippen molar-refractivity contribution in [3.63, 3.8) is 0 Å². The minimum atomic E-state index is -0.181. The highest BCUT2D eigenvalue weighted by Crippen LogP contribution is 2.17. The zero-order chi connectivity index (χ0) is 17.5. The van der Waals surface area contributed by atoms with Crippen LogP contribution in [-0.2, 0) is 0 Å². The Morgan fingerprint density at radius 2 is 1.54 bits per heavy atom. The summed E-state index contributed by atoms with van der Waals surface area (Å²) in [5, 5.41) is 5.77. The smallest absolute Gasteiger partial charge is 0.255 e. The fraction of sp³-hybridized carbons (Fsp3) is 0.300. The Labute approximate surface area is 143 Å². The molecule has 0 saturated heterocycles. The SMILES string of the molecule is CCCCNC(=O)c1ccc(C(=O)Nc2ccc(C)cc2C)cc1. The first kappa shape index (κ1) is 17.7. The van der Waals surface area contributed by atoms with Gasteiger partial charge in [0.25, 0.3) is 11.8 Å². The second kappa shape index (κ2) is 8.29. The maximum Gasteiger partial charge on any atom is 0.255 e. The molecule has 0 heterocycles. The number of hydrogen-bond donors (Lipinski definition) is 2. The molecule has 0 bridgehead atoms. The van der Waals surface area contributed by atoms with Gasteiger partial charge in [0.1, 0.15) is 0 Å². The molecule has 0 aliphatic heterocycles. The average Bonchev–Trinajstić information content (AvgIpc) is 2.57. The molecule has 2 N–H and O–H groups in total. The maximum atomic E-state index is 12.3. The monoisotopic (exact) mass is 324 g/mol. The van der Waals surface area contributed by atoms with Gasteiger partial charge in [-0.2, -0.15) is 0 Å².